The minimum absolute atomic E-state index is 0.139. The molecule has 0 aliphatic heterocycles. The van der Waals surface area contributed by atoms with E-state index in [1.165, 1.54) is 43.5 Å². The second kappa shape index (κ2) is 9.62. The Morgan fingerprint density at radius 1 is 0.514 bits per heavy atom. The Kier molecular flexibility index (Phi) is 6.63. The molecular formula is C35H37OP. The summed E-state index contributed by atoms with van der Waals surface area (Å²) in [5, 5.41) is 6.87. The lowest BCUT2D eigenvalue weighted by molar-refractivity contribution is 0.416. The van der Waals surface area contributed by atoms with Crippen molar-refractivity contribution < 1.29 is 4.74 Å². The van der Waals surface area contributed by atoms with Gasteiger partial charge >= 0.3 is 0 Å². The molecule has 5 aromatic carbocycles. The van der Waals surface area contributed by atoms with Gasteiger partial charge < -0.3 is 4.74 Å². The maximum Gasteiger partial charge on any atom is 0.126 e. The van der Waals surface area contributed by atoms with Gasteiger partial charge in [0.1, 0.15) is 5.75 Å². The maximum absolute atomic E-state index is 5.88. The zero-order chi connectivity index (χ0) is 26.4. The fourth-order valence-corrected chi connectivity index (χ4v) is 10.2. The SMILES string of the molecule is COc1ccccc1-c1ccc2ccccc2c1-c1c(P(C(C)(C)C)C(C)(C)C)ccc2ccccc12. The van der Waals surface area contributed by atoms with E-state index in [0.717, 1.165) is 11.3 Å². The van der Waals surface area contributed by atoms with Crippen molar-refractivity contribution in [2.24, 2.45) is 0 Å². The Morgan fingerprint density at radius 3 is 1.62 bits per heavy atom. The van der Waals surface area contributed by atoms with Crippen LogP contribution in [0.15, 0.2) is 97.1 Å². The van der Waals surface area contributed by atoms with Crippen LogP contribution in [-0.4, -0.2) is 17.4 Å². The molecule has 0 saturated heterocycles. The molecule has 5 aromatic rings. The highest BCUT2D eigenvalue weighted by atomic mass is 31.1. The lowest BCUT2D eigenvalue weighted by Gasteiger charge is -2.43. The van der Waals surface area contributed by atoms with E-state index in [1.54, 1.807) is 7.11 Å². The van der Waals surface area contributed by atoms with Crippen LogP contribution in [-0.2, 0) is 0 Å². The minimum atomic E-state index is -0.535. The summed E-state index contributed by atoms with van der Waals surface area (Å²) < 4.78 is 5.88. The Hall–Kier alpha value is -3.15. The summed E-state index contributed by atoms with van der Waals surface area (Å²) in [5.74, 6) is 0.898. The van der Waals surface area contributed by atoms with E-state index in [1.807, 2.05) is 6.07 Å². The zero-order valence-electron chi connectivity index (χ0n) is 23.1. The lowest BCUT2D eigenvalue weighted by Crippen LogP contribution is -2.32. The van der Waals surface area contributed by atoms with Crippen LogP contribution in [0, 0.1) is 0 Å². The average Bonchev–Trinajstić information content (AvgIpc) is 2.86. The highest BCUT2D eigenvalue weighted by Gasteiger charge is 2.38. The third-order valence-corrected chi connectivity index (χ3v) is 10.6. The van der Waals surface area contributed by atoms with Gasteiger partial charge in [-0.05, 0) is 59.9 Å². The number of hydrogen-bond acceptors (Lipinski definition) is 1. The van der Waals surface area contributed by atoms with E-state index in [2.05, 4.69) is 133 Å². The number of methoxy groups -OCH3 is 1. The van der Waals surface area contributed by atoms with E-state index < -0.39 is 7.92 Å². The van der Waals surface area contributed by atoms with Crippen LogP contribution in [0.1, 0.15) is 41.5 Å². The first-order valence-corrected chi connectivity index (χ1v) is 14.4. The molecule has 0 heterocycles. The highest BCUT2D eigenvalue weighted by Crippen LogP contribution is 2.60. The van der Waals surface area contributed by atoms with Crippen LogP contribution in [0.25, 0.3) is 43.8 Å². The van der Waals surface area contributed by atoms with Gasteiger partial charge in [0.25, 0.3) is 0 Å². The van der Waals surface area contributed by atoms with Crippen molar-refractivity contribution in [2.75, 3.05) is 7.11 Å². The minimum Gasteiger partial charge on any atom is -0.496 e. The van der Waals surface area contributed by atoms with Crippen molar-refractivity contribution in [1.29, 1.82) is 0 Å². The van der Waals surface area contributed by atoms with Gasteiger partial charge in [0.15, 0.2) is 0 Å². The molecule has 0 atom stereocenters. The van der Waals surface area contributed by atoms with Crippen molar-refractivity contribution in [3.05, 3.63) is 97.1 Å². The molecule has 0 aliphatic rings. The van der Waals surface area contributed by atoms with E-state index in [4.69, 9.17) is 4.74 Å². The molecule has 0 saturated carbocycles. The van der Waals surface area contributed by atoms with Crippen LogP contribution in [0.5, 0.6) is 5.75 Å². The smallest absolute Gasteiger partial charge is 0.126 e. The first kappa shape index (κ1) is 25.5. The van der Waals surface area contributed by atoms with Gasteiger partial charge in [0.05, 0.1) is 7.11 Å². The molecule has 0 amide bonds. The molecule has 0 spiro atoms. The molecule has 0 fully saturated rings. The molecule has 0 bridgehead atoms. The maximum atomic E-state index is 5.88. The summed E-state index contributed by atoms with van der Waals surface area (Å²) >= 11 is 0. The third kappa shape index (κ3) is 4.67. The lowest BCUT2D eigenvalue weighted by atomic mass is 9.87. The Morgan fingerprint density at radius 2 is 1.03 bits per heavy atom. The topological polar surface area (TPSA) is 9.23 Å². The van der Waals surface area contributed by atoms with Crippen molar-refractivity contribution in [1.82, 2.24) is 0 Å². The van der Waals surface area contributed by atoms with Crippen LogP contribution >= 0.6 is 7.92 Å². The van der Waals surface area contributed by atoms with Gasteiger partial charge in [-0.15, -0.1) is 0 Å². The predicted octanol–water partition coefficient (Wildman–Crippen LogP) is 10.0. The van der Waals surface area contributed by atoms with Crippen molar-refractivity contribution >= 4 is 34.8 Å². The predicted molar refractivity (Wildman–Crippen MR) is 165 cm³/mol. The average molecular weight is 505 g/mol. The Labute approximate surface area is 223 Å². The summed E-state index contributed by atoms with van der Waals surface area (Å²) in [6, 6.07) is 35.4. The second-order valence-electron chi connectivity index (χ2n) is 11.8. The molecule has 5 rings (SSSR count). The van der Waals surface area contributed by atoms with Gasteiger partial charge in [0.2, 0.25) is 0 Å². The van der Waals surface area contributed by atoms with E-state index >= 15 is 0 Å². The van der Waals surface area contributed by atoms with Gasteiger partial charge in [-0.25, -0.2) is 0 Å². The first-order valence-electron chi connectivity index (χ1n) is 13.1. The van der Waals surface area contributed by atoms with Crippen LogP contribution in [0.2, 0.25) is 0 Å². The number of benzene rings is 5. The summed E-state index contributed by atoms with van der Waals surface area (Å²) in [7, 11) is 1.23. The molecular weight excluding hydrogens is 467 g/mol. The van der Waals surface area contributed by atoms with Crippen molar-refractivity contribution in [3.8, 4) is 28.0 Å². The van der Waals surface area contributed by atoms with Crippen LogP contribution < -0.4 is 10.0 Å². The van der Waals surface area contributed by atoms with E-state index in [0.29, 0.717) is 0 Å². The van der Waals surface area contributed by atoms with Gasteiger partial charge in [-0.2, -0.15) is 0 Å². The van der Waals surface area contributed by atoms with Crippen molar-refractivity contribution in [3.63, 3.8) is 0 Å². The monoisotopic (exact) mass is 504 g/mol. The Balaban J connectivity index is 2.01. The molecule has 0 radical (unpaired) electrons. The summed E-state index contributed by atoms with van der Waals surface area (Å²) in [6.07, 6.45) is 0. The van der Waals surface area contributed by atoms with Gasteiger partial charge in [0, 0.05) is 5.56 Å². The normalized spacial score (nSPS) is 12.4. The Bertz CT molecular complexity index is 1570. The number of hydrogen-bond donors (Lipinski definition) is 0. The standard InChI is InChI=1S/C35H37OP/c1-34(2,3)37(35(4,5)6)31-23-21-25-15-9-11-17-27(25)33(31)32-26-16-10-8-14-24(26)20-22-29(32)28-18-12-13-19-30(28)36-7/h8-23H,1-7H3. The molecule has 188 valence electrons. The van der Waals surface area contributed by atoms with Crippen LogP contribution in [0.4, 0.5) is 0 Å². The number of para-hydroxylation sites is 1. The molecule has 1 nitrogen and oxygen atoms in total. The molecule has 2 heteroatoms. The van der Waals surface area contributed by atoms with Gasteiger partial charge in [-0.3, -0.25) is 0 Å². The number of fused-ring (bicyclic) bond motifs is 2. The molecule has 0 aromatic heterocycles. The van der Waals surface area contributed by atoms with E-state index in [-0.39, 0.29) is 10.3 Å². The molecule has 0 unspecified atom stereocenters. The quantitative estimate of drug-likeness (QED) is 0.221. The van der Waals surface area contributed by atoms with Crippen molar-refractivity contribution in [2.45, 2.75) is 51.9 Å². The number of rotatable bonds is 4. The molecule has 0 aliphatic carbocycles. The first-order chi connectivity index (χ1) is 17.6. The third-order valence-electron chi connectivity index (χ3n) is 7.07. The van der Waals surface area contributed by atoms with Crippen LogP contribution in [0.3, 0.4) is 0 Å². The summed E-state index contributed by atoms with van der Waals surface area (Å²) in [6.45, 7) is 14.5. The number of ether oxygens (including phenoxy) is 1. The fourth-order valence-electron chi connectivity index (χ4n) is 6.07. The molecule has 37 heavy (non-hydrogen) atoms. The van der Waals surface area contributed by atoms with E-state index in [9.17, 15) is 0 Å². The second-order valence-corrected chi connectivity index (χ2v) is 15.6. The zero-order valence-corrected chi connectivity index (χ0v) is 24.0. The highest BCUT2D eigenvalue weighted by molar-refractivity contribution is 7.68. The largest absolute Gasteiger partial charge is 0.496 e. The summed E-state index contributed by atoms with van der Waals surface area (Å²) in [5.41, 5.74) is 5.01. The fraction of sp³-hybridized carbons (Fsp3) is 0.257. The molecule has 0 N–H and O–H groups in total. The van der Waals surface area contributed by atoms with Gasteiger partial charge in [-0.1, -0.05) is 140 Å². The summed E-state index contributed by atoms with van der Waals surface area (Å²) in [4.78, 5) is 0.